The molecule has 1 aliphatic rings. The van der Waals surface area contributed by atoms with Gasteiger partial charge in [0, 0.05) is 24.7 Å². The van der Waals surface area contributed by atoms with Gasteiger partial charge in [-0.1, -0.05) is 48.0 Å². The quantitative estimate of drug-likeness (QED) is 0.933. The highest BCUT2D eigenvalue weighted by Crippen LogP contribution is 2.24. The molecule has 3 heteroatoms. The molecule has 110 valence electrons. The number of halogens is 1. The van der Waals surface area contributed by atoms with Gasteiger partial charge in [0.15, 0.2) is 0 Å². The summed E-state index contributed by atoms with van der Waals surface area (Å²) >= 11 is 6.04. The highest BCUT2D eigenvalue weighted by atomic mass is 35.5. The van der Waals surface area contributed by atoms with Crippen LogP contribution < -0.4 is 0 Å². The maximum absolute atomic E-state index is 10.5. The van der Waals surface area contributed by atoms with E-state index < -0.39 is 6.10 Å². The molecule has 0 radical (unpaired) electrons. The van der Waals surface area contributed by atoms with E-state index in [4.69, 9.17) is 11.6 Å². The molecule has 2 nitrogen and oxygen atoms in total. The Kier molecular flexibility index (Phi) is 4.29. The Balaban J connectivity index is 1.68. The van der Waals surface area contributed by atoms with Gasteiger partial charge in [-0.3, -0.25) is 4.90 Å². The summed E-state index contributed by atoms with van der Waals surface area (Å²) in [5.74, 6) is 0. The lowest BCUT2D eigenvalue weighted by Gasteiger charge is -2.30. The van der Waals surface area contributed by atoms with Gasteiger partial charge in [-0.25, -0.2) is 0 Å². The van der Waals surface area contributed by atoms with E-state index in [9.17, 15) is 5.11 Å². The monoisotopic (exact) mass is 301 g/mol. The van der Waals surface area contributed by atoms with Gasteiger partial charge >= 0.3 is 0 Å². The van der Waals surface area contributed by atoms with E-state index in [-0.39, 0.29) is 0 Å². The standard InChI is InChI=1S/C18H20ClNO/c1-13-10-15(6-7-17(13)19)18(21)12-20-9-8-14-4-2-3-5-16(14)11-20/h2-7,10,18,21H,8-9,11-12H2,1H3. The summed E-state index contributed by atoms with van der Waals surface area (Å²) in [7, 11) is 0. The molecule has 0 saturated heterocycles. The predicted octanol–water partition coefficient (Wildman–Crippen LogP) is 3.74. The molecule has 1 heterocycles. The van der Waals surface area contributed by atoms with Crippen LogP contribution in [0.15, 0.2) is 42.5 Å². The van der Waals surface area contributed by atoms with Crippen LogP contribution in [0.2, 0.25) is 5.02 Å². The van der Waals surface area contributed by atoms with Crippen molar-refractivity contribution in [1.82, 2.24) is 4.90 Å². The number of rotatable bonds is 3. The third kappa shape index (κ3) is 3.29. The second kappa shape index (κ2) is 6.18. The van der Waals surface area contributed by atoms with Crippen molar-refractivity contribution < 1.29 is 5.11 Å². The minimum Gasteiger partial charge on any atom is -0.387 e. The first-order chi connectivity index (χ1) is 10.1. The minimum absolute atomic E-state index is 0.466. The molecule has 2 aromatic carbocycles. The van der Waals surface area contributed by atoms with Crippen molar-refractivity contribution >= 4 is 11.6 Å². The molecule has 1 atom stereocenters. The number of benzene rings is 2. The molecular weight excluding hydrogens is 282 g/mol. The maximum Gasteiger partial charge on any atom is 0.0917 e. The molecule has 0 aliphatic carbocycles. The lowest BCUT2D eigenvalue weighted by Crippen LogP contribution is -2.34. The molecule has 3 rings (SSSR count). The Morgan fingerprint density at radius 2 is 1.95 bits per heavy atom. The maximum atomic E-state index is 10.5. The first kappa shape index (κ1) is 14.6. The van der Waals surface area contributed by atoms with Crippen LogP contribution in [-0.4, -0.2) is 23.1 Å². The van der Waals surface area contributed by atoms with Gasteiger partial charge in [-0.05, 0) is 41.7 Å². The Morgan fingerprint density at radius 1 is 1.19 bits per heavy atom. The summed E-state index contributed by atoms with van der Waals surface area (Å²) < 4.78 is 0. The van der Waals surface area contributed by atoms with Crippen LogP contribution in [-0.2, 0) is 13.0 Å². The fraction of sp³-hybridized carbons (Fsp3) is 0.333. The summed E-state index contributed by atoms with van der Waals surface area (Å²) in [6, 6.07) is 14.3. The largest absolute Gasteiger partial charge is 0.387 e. The zero-order valence-corrected chi connectivity index (χ0v) is 13.0. The predicted molar refractivity (Wildman–Crippen MR) is 86.6 cm³/mol. The van der Waals surface area contributed by atoms with E-state index in [0.717, 1.165) is 35.7 Å². The molecule has 0 bridgehead atoms. The van der Waals surface area contributed by atoms with Crippen LogP contribution in [0.25, 0.3) is 0 Å². The number of nitrogens with zero attached hydrogens (tertiary/aromatic N) is 1. The molecule has 0 aromatic heterocycles. The van der Waals surface area contributed by atoms with Crippen LogP contribution in [0.4, 0.5) is 0 Å². The van der Waals surface area contributed by atoms with Gasteiger partial charge in [-0.15, -0.1) is 0 Å². The molecule has 1 unspecified atom stereocenters. The minimum atomic E-state index is -0.466. The van der Waals surface area contributed by atoms with Crippen LogP contribution in [0.3, 0.4) is 0 Å². The van der Waals surface area contributed by atoms with Gasteiger partial charge in [-0.2, -0.15) is 0 Å². The Bertz CT molecular complexity index is 641. The zero-order valence-electron chi connectivity index (χ0n) is 12.2. The SMILES string of the molecule is Cc1cc(C(O)CN2CCc3ccccc3C2)ccc1Cl. The number of aryl methyl sites for hydroxylation is 1. The van der Waals surface area contributed by atoms with Gasteiger partial charge in [0.1, 0.15) is 0 Å². The second-order valence-electron chi connectivity index (χ2n) is 5.78. The average molecular weight is 302 g/mol. The number of β-amino-alcohol motifs (C(OH)–C–C–N with tert-alkyl or cyclic N) is 1. The van der Waals surface area contributed by atoms with E-state index in [1.54, 1.807) is 0 Å². The Morgan fingerprint density at radius 3 is 2.71 bits per heavy atom. The summed E-state index contributed by atoms with van der Waals surface area (Å²) in [6.45, 7) is 4.55. The Labute approximate surface area is 131 Å². The lowest BCUT2D eigenvalue weighted by molar-refractivity contribution is 0.106. The fourth-order valence-corrected chi connectivity index (χ4v) is 3.05. The highest BCUT2D eigenvalue weighted by molar-refractivity contribution is 6.31. The van der Waals surface area contributed by atoms with Gasteiger partial charge < -0.3 is 5.11 Å². The molecule has 2 aromatic rings. The third-order valence-electron chi connectivity index (χ3n) is 4.21. The number of hydrogen-bond acceptors (Lipinski definition) is 2. The summed E-state index contributed by atoms with van der Waals surface area (Å²) in [4.78, 5) is 2.32. The second-order valence-corrected chi connectivity index (χ2v) is 6.19. The van der Waals surface area contributed by atoms with E-state index >= 15 is 0 Å². The molecule has 1 N–H and O–H groups in total. The van der Waals surface area contributed by atoms with E-state index in [1.807, 2.05) is 25.1 Å². The van der Waals surface area contributed by atoms with Crippen LogP contribution in [0.5, 0.6) is 0 Å². The van der Waals surface area contributed by atoms with Crippen molar-refractivity contribution in [3.05, 3.63) is 69.7 Å². The van der Waals surface area contributed by atoms with Crippen LogP contribution in [0.1, 0.15) is 28.4 Å². The first-order valence-corrected chi connectivity index (χ1v) is 7.74. The van der Waals surface area contributed by atoms with Crippen molar-refractivity contribution in [3.63, 3.8) is 0 Å². The molecule has 21 heavy (non-hydrogen) atoms. The zero-order chi connectivity index (χ0) is 14.8. The normalized spacial score (nSPS) is 16.5. The van der Waals surface area contributed by atoms with Crippen molar-refractivity contribution in [2.45, 2.75) is 26.0 Å². The van der Waals surface area contributed by atoms with Gasteiger partial charge in [0.05, 0.1) is 6.10 Å². The van der Waals surface area contributed by atoms with Crippen molar-refractivity contribution in [2.24, 2.45) is 0 Å². The fourth-order valence-electron chi connectivity index (χ4n) is 2.94. The topological polar surface area (TPSA) is 23.5 Å². The molecule has 0 saturated carbocycles. The van der Waals surface area contributed by atoms with Crippen LogP contribution in [0, 0.1) is 6.92 Å². The lowest BCUT2D eigenvalue weighted by atomic mass is 9.99. The van der Waals surface area contributed by atoms with Crippen molar-refractivity contribution in [1.29, 1.82) is 0 Å². The number of hydrogen-bond donors (Lipinski definition) is 1. The smallest absolute Gasteiger partial charge is 0.0917 e. The number of aliphatic hydroxyl groups is 1. The third-order valence-corrected chi connectivity index (χ3v) is 4.63. The highest BCUT2D eigenvalue weighted by Gasteiger charge is 2.19. The van der Waals surface area contributed by atoms with Gasteiger partial charge in [0.25, 0.3) is 0 Å². The summed E-state index contributed by atoms with van der Waals surface area (Å²) in [5, 5.41) is 11.2. The van der Waals surface area contributed by atoms with Gasteiger partial charge in [0.2, 0.25) is 0 Å². The summed E-state index contributed by atoms with van der Waals surface area (Å²) in [6.07, 6.45) is 0.592. The van der Waals surface area contributed by atoms with E-state index in [0.29, 0.717) is 6.54 Å². The Hall–Kier alpha value is -1.35. The van der Waals surface area contributed by atoms with Crippen LogP contribution >= 0.6 is 11.6 Å². The molecule has 0 spiro atoms. The van der Waals surface area contributed by atoms with E-state index in [2.05, 4.69) is 29.2 Å². The molecule has 0 fully saturated rings. The van der Waals surface area contributed by atoms with Crippen molar-refractivity contribution in [2.75, 3.05) is 13.1 Å². The van der Waals surface area contributed by atoms with E-state index in [1.165, 1.54) is 11.1 Å². The number of fused-ring (bicyclic) bond motifs is 1. The average Bonchev–Trinajstić information content (AvgIpc) is 2.50. The summed E-state index contributed by atoms with van der Waals surface area (Å²) in [5.41, 5.74) is 4.77. The first-order valence-electron chi connectivity index (χ1n) is 7.37. The molecular formula is C18H20ClNO. The molecule has 1 aliphatic heterocycles. The molecule has 0 amide bonds. The number of aliphatic hydroxyl groups excluding tert-OH is 1. The van der Waals surface area contributed by atoms with Crippen molar-refractivity contribution in [3.8, 4) is 0 Å².